The van der Waals surface area contributed by atoms with Crippen LogP contribution in [-0.2, 0) is 0 Å². The van der Waals surface area contributed by atoms with Gasteiger partial charge in [-0.25, -0.2) is 4.39 Å². The Morgan fingerprint density at radius 3 is 2.62 bits per heavy atom. The quantitative estimate of drug-likeness (QED) is 0.895. The Bertz CT molecular complexity index is 599. The van der Waals surface area contributed by atoms with Crippen LogP contribution in [0.1, 0.15) is 10.4 Å². The summed E-state index contributed by atoms with van der Waals surface area (Å²) in [5.74, 6) is -0.715. The third kappa shape index (κ3) is 4.56. The number of nitrogens with one attached hydrogen (secondary N) is 1. The Kier molecular flexibility index (Phi) is 5.33. The van der Waals surface area contributed by atoms with E-state index < -0.39 is 5.82 Å². The smallest absolute Gasteiger partial charge is 0.251 e. The van der Waals surface area contributed by atoms with Crippen LogP contribution in [0.25, 0.3) is 0 Å². The summed E-state index contributed by atoms with van der Waals surface area (Å²) in [4.78, 5) is 14.0. The van der Waals surface area contributed by atoms with Crippen LogP contribution in [0, 0.1) is 5.82 Å². The third-order valence-electron chi connectivity index (χ3n) is 3.05. The monoisotopic (exact) mass is 350 g/mol. The number of nitrogens with zero attached hydrogens (tertiary/aromatic N) is 1. The van der Waals surface area contributed by atoms with Crippen molar-refractivity contribution in [1.29, 1.82) is 0 Å². The van der Waals surface area contributed by atoms with Crippen molar-refractivity contribution >= 4 is 27.5 Å². The summed E-state index contributed by atoms with van der Waals surface area (Å²) in [6.45, 7) is 1.16. The molecule has 0 aliphatic rings. The highest BCUT2D eigenvalue weighted by Gasteiger charge is 2.08. The highest BCUT2D eigenvalue weighted by atomic mass is 79.9. The molecule has 2 aromatic rings. The second-order valence-electron chi connectivity index (χ2n) is 4.67. The number of halogens is 2. The maximum absolute atomic E-state index is 13.2. The third-order valence-corrected chi connectivity index (χ3v) is 3.51. The molecule has 5 heteroatoms. The summed E-state index contributed by atoms with van der Waals surface area (Å²) >= 11 is 3.18. The van der Waals surface area contributed by atoms with Crippen LogP contribution in [0.15, 0.2) is 53.0 Å². The fourth-order valence-electron chi connectivity index (χ4n) is 1.94. The maximum Gasteiger partial charge on any atom is 0.251 e. The van der Waals surface area contributed by atoms with Crippen molar-refractivity contribution in [3.8, 4) is 0 Å². The van der Waals surface area contributed by atoms with Crippen molar-refractivity contribution in [3.63, 3.8) is 0 Å². The lowest BCUT2D eigenvalue weighted by Crippen LogP contribution is -2.33. The van der Waals surface area contributed by atoms with Crippen LogP contribution in [-0.4, -0.2) is 26.0 Å². The number of hydrogen-bond donors (Lipinski definition) is 1. The topological polar surface area (TPSA) is 32.3 Å². The summed E-state index contributed by atoms with van der Waals surface area (Å²) in [5.41, 5.74) is 1.39. The molecule has 0 aliphatic heterocycles. The zero-order valence-corrected chi connectivity index (χ0v) is 13.2. The molecule has 21 heavy (non-hydrogen) atoms. The minimum Gasteiger partial charge on any atom is -0.373 e. The molecule has 0 radical (unpaired) electrons. The van der Waals surface area contributed by atoms with Gasteiger partial charge >= 0.3 is 0 Å². The summed E-state index contributed by atoms with van der Waals surface area (Å²) in [6.07, 6.45) is 0. The lowest BCUT2D eigenvalue weighted by atomic mass is 10.2. The predicted molar refractivity (Wildman–Crippen MR) is 86.1 cm³/mol. The first-order chi connectivity index (χ1) is 10.1. The zero-order chi connectivity index (χ0) is 15.2. The number of hydrogen-bond acceptors (Lipinski definition) is 2. The molecule has 0 aromatic heterocycles. The molecule has 0 atom stereocenters. The van der Waals surface area contributed by atoms with Gasteiger partial charge in [-0.3, -0.25) is 4.79 Å². The van der Waals surface area contributed by atoms with Gasteiger partial charge in [0.05, 0.1) is 0 Å². The van der Waals surface area contributed by atoms with Gasteiger partial charge in [0.1, 0.15) is 5.82 Å². The fourth-order valence-corrected chi connectivity index (χ4v) is 2.40. The molecule has 0 aliphatic carbocycles. The largest absolute Gasteiger partial charge is 0.373 e. The van der Waals surface area contributed by atoms with E-state index in [0.717, 1.165) is 5.69 Å². The Morgan fingerprint density at radius 1 is 1.24 bits per heavy atom. The van der Waals surface area contributed by atoms with Crippen LogP contribution in [0.5, 0.6) is 0 Å². The molecule has 1 N–H and O–H groups in total. The molecule has 0 saturated heterocycles. The van der Waals surface area contributed by atoms with Gasteiger partial charge in [-0.1, -0.05) is 34.1 Å². The second-order valence-corrected chi connectivity index (χ2v) is 5.59. The first kappa shape index (κ1) is 15.5. The van der Waals surface area contributed by atoms with E-state index in [-0.39, 0.29) is 5.91 Å². The van der Waals surface area contributed by atoms with E-state index in [2.05, 4.69) is 21.2 Å². The number of benzene rings is 2. The zero-order valence-electron chi connectivity index (χ0n) is 11.6. The number of para-hydroxylation sites is 1. The van der Waals surface area contributed by atoms with Gasteiger partial charge in [0, 0.05) is 35.9 Å². The van der Waals surface area contributed by atoms with E-state index in [4.69, 9.17) is 0 Å². The standard InChI is InChI=1S/C16H16BrFN2O/c1-20(15-5-3-2-4-6-15)8-7-19-16(21)12-9-13(17)11-14(18)10-12/h2-6,9-11H,7-8H2,1H3,(H,19,21). The number of rotatable bonds is 5. The molecule has 0 saturated carbocycles. The number of amides is 1. The molecule has 0 heterocycles. The minimum atomic E-state index is -0.434. The van der Waals surface area contributed by atoms with Gasteiger partial charge in [-0.2, -0.15) is 0 Å². The Morgan fingerprint density at radius 2 is 1.95 bits per heavy atom. The minimum absolute atomic E-state index is 0.281. The molecule has 110 valence electrons. The normalized spacial score (nSPS) is 10.2. The number of likely N-dealkylation sites (N-methyl/N-ethyl adjacent to an activating group) is 1. The van der Waals surface area contributed by atoms with Crippen molar-refractivity contribution in [3.05, 3.63) is 64.4 Å². The van der Waals surface area contributed by atoms with Crippen molar-refractivity contribution < 1.29 is 9.18 Å². The van der Waals surface area contributed by atoms with Crippen LogP contribution in [0.4, 0.5) is 10.1 Å². The molecule has 2 aromatic carbocycles. The summed E-state index contributed by atoms with van der Waals surface area (Å²) in [7, 11) is 1.96. The Balaban J connectivity index is 1.87. The molecule has 0 unspecified atom stereocenters. The van der Waals surface area contributed by atoms with Gasteiger partial charge in [-0.15, -0.1) is 0 Å². The molecule has 1 amide bonds. The van der Waals surface area contributed by atoms with Gasteiger partial charge in [0.25, 0.3) is 5.91 Å². The van der Waals surface area contributed by atoms with E-state index in [1.165, 1.54) is 12.1 Å². The Labute approximate surface area is 131 Å². The Hall–Kier alpha value is -1.88. The number of carbonyl (C=O) groups is 1. The van der Waals surface area contributed by atoms with Crippen molar-refractivity contribution in [2.75, 3.05) is 25.0 Å². The van der Waals surface area contributed by atoms with Crippen LogP contribution < -0.4 is 10.2 Å². The molecule has 2 rings (SSSR count). The van der Waals surface area contributed by atoms with E-state index in [1.807, 2.05) is 42.3 Å². The average Bonchev–Trinajstić information content (AvgIpc) is 2.47. The molecular weight excluding hydrogens is 335 g/mol. The van der Waals surface area contributed by atoms with Gasteiger partial charge in [0.15, 0.2) is 0 Å². The van der Waals surface area contributed by atoms with Gasteiger partial charge in [0.2, 0.25) is 0 Å². The summed E-state index contributed by atoms with van der Waals surface area (Å²) in [5, 5.41) is 2.79. The van der Waals surface area contributed by atoms with Crippen molar-refractivity contribution in [2.45, 2.75) is 0 Å². The summed E-state index contributed by atoms with van der Waals surface area (Å²) in [6, 6.07) is 14.0. The maximum atomic E-state index is 13.2. The highest BCUT2D eigenvalue weighted by Crippen LogP contribution is 2.15. The van der Waals surface area contributed by atoms with Crippen LogP contribution in [0.2, 0.25) is 0 Å². The van der Waals surface area contributed by atoms with Gasteiger partial charge in [-0.05, 0) is 30.3 Å². The molecule has 0 spiro atoms. The number of carbonyl (C=O) groups excluding carboxylic acids is 1. The van der Waals surface area contributed by atoms with Crippen LogP contribution in [0.3, 0.4) is 0 Å². The van der Waals surface area contributed by atoms with Crippen LogP contribution >= 0.6 is 15.9 Å². The fraction of sp³-hybridized carbons (Fsp3) is 0.188. The highest BCUT2D eigenvalue weighted by molar-refractivity contribution is 9.10. The first-order valence-corrected chi connectivity index (χ1v) is 7.36. The van der Waals surface area contributed by atoms with E-state index in [9.17, 15) is 9.18 Å². The predicted octanol–water partition coefficient (Wildman–Crippen LogP) is 3.45. The summed E-state index contributed by atoms with van der Waals surface area (Å²) < 4.78 is 13.8. The number of anilines is 1. The SMILES string of the molecule is CN(CCNC(=O)c1cc(F)cc(Br)c1)c1ccccc1. The van der Waals surface area contributed by atoms with Crippen molar-refractivity contribution in [2.24, 2.45) is 0 Å². The van der Waals surface area contributed by atoms with Gasteiger partial charge < -0.3 is 10.2 Å². The van der Waals surface area contributed by atoms with E-state index in [0.29, 0.717) is 23.1 Å². The molecular formula is C16H16BrFN2O. The first-order valence-electron chi connectivity index (χ1n) is 6.57. The van der Waals surface area contributed by atoms with E-state index >= 15 is 0 Å². The average molecular weight is 351 g/mol. The molecule has 0 fully saturated rings. The lowest BCUT2D eigenvalue weighted by Gasteiger charge is -2.19. The molecule has 3 nitrogen and oxygen atoms in total. The van der Waals surface area contributed by atoms with E-state index in [1.54, 1.807) is 6.07 Å². The lowest BCUT2D eigenvalue weighted by molar-refractivity contribution is 0.0954. The van der Waals surface area contributed by atoms with Crippen molar-refractivity contribution in [1.82, 2.24) is 5.32 Å². The molecule has 0 bridgehead atoms. The second kappa shape index (κ2) is 7.22.